The molecule has 1 amide bonds. The molecule has 0 bridgehead atoms. The number of para-hydroxylation sites is 2. The van der Waals surface area contributed by atoms with Crippen molar-refractivity contribution in [2.24, 2.45) is 5.73 Å². The van der Waals surface area contributed by atoms with Crippen LogP contribution in [0.5, 0.6) is 5.75 Å². The van der Waals surface area contributed by atoms with Crippen LogP contribution in [-0.4, -0.2) is 21.6 Å². The third-order valence-electron chi connectivity index (χ3n) is 4.59. The van der Waals surface area contributed by atoms with Crippen molar-refractivity contribution in [3.8, 4) is 5.75 Å². The van der Waals surface area contributed by atoms with Crippen LogP contribution in [-0.2, 0) is 23.3 Å². The molecule has 28 heavy (non-hydrogen) atoms. The lowest BCUT2D eigenvalue weighted by molar-refractivity contribution is -0.118. The second-order valence-electron chi connectivity index (χ2n) is 7.64. The highest BCUT2D eigenvalue weighted by Gasteiger charge is 2.14. The number of hydrogen-bond donors (Lipinski definition) is 2. The summed E-state index contributed by atoms with van der Waals surface area (Å²) in [6.45, 7) is 7.45. The molecule has 0 radical (unpaired) electrons. The summed E-state index contributed by atoms with van der Waals surface area (Å²) in [5, 5.41) is 8.41. The molecule has 1 heterocycles. The Hall–Kier alpha value is -2.73. The lowest BCUT2D eigenvalue weighted by Gasteiger charge is -2.19. The Morgan fingerprint density at radius 3 is 2.14 bits per heavy atom. The number of amides is 1. The van der Waals surface area contributed by atoms with Crippen LogP contribution in [0.3, 0.4) is 0 Å². The minimum Gasteiger partial charge on any atom is -1.00 e. The summed E-state index contributed by atoms with van der Waals surface area (Å²) in [5.41, 5.74) is 8.64. The van der Waals surface area contributed by atoms with Crippen molar-refractivity contribution >= 4 is 16.9 Å². The summed E-state index contributed by atoms with van der Waals surface area (Å²) in [5.74, 6) is 0.336. The molecule has 0 unspecified atom stereocenters. The van der Waals surface area contributed by atoms with E-state index >= 15 is 0 Å². The van der Waals surface area contributed by atoms with E-state index in [1.165, 1.54) is 5.56 Å². The first kappa shape index (κ1) is 21.6. The molecule has 3 N–H and O–H groups in total. The van der Waals surface area contributed by atoms with E-state index in [0.717, 1.165) is 16.8 Å². The third kappa shape index (κ3) is 4.57. The Labute approximate surface area is 170 Å². The smallest absolute Gasteiger partial charge is 0.237 e. The minimum atomic E-state index is -0.466. The molecule has 0 aliphatic carbocycles. The third-order valence-corrected chi connectivity index (χ3v) is 4.59. The van der Waals surface area contributed by atoms with Gasteiger partial charge >= 0.3 is 0 Å². The number of nitrogens with two attached hydrogens (primary N) is 1. The van der Waals surface area contributed by atoms with Gasteiger partial charge in [-0.25, -0.2) is 0 Å². The molecular weight excluding hydrogens is 376 g/mol. The summed E-state index contributed by atoms with van der Waals surface area (Å²) >= 11 is 0. The number of halogens is 1. The Bertz CT molecular complexity index is 1010. The van der Waals surface area contributed by atoms with E-state index in [2.05, 4.69) is 32.9 Å². The number of ether oxygens (including phenoxy) is 1. The molecule has 3 rings (SSSR count). The summed E-state index contributed by atoms with van der Waals surface area (Å²) in [7, 11) is 0. The molecule has 150 valence electrons. The topological polar surface area (TPSA) is 86.0 Å². The molecule has 0 spiro atoms. The summed E-state index contributed by atoms with van der Waals surface area (Å²) < 4.78 is 9.32. The first-order chi connectivity index (χ1) is 12.8. The van der Waals surface area contributed by atoms with Crippen molar-refractivity contribution in [1.82, 2.24) is 9.13 Å². The highest BCUT2D eigenvalue weighted by Crippen LogP contribution is 2.24. The van der Waals surface area contributed by atoms with E-state index in [-0.39, 0.29) is 30.0 Å². The fourth-order valence-corrected chi connectivity index (χ4v) is 3.14. The average Bonchev–Trinajstić information content (AvgIpc) is 2.87. The van der Waals surface area contributed by atoms with Gasteiger partial charge in [0.2, 0.25) is 11.5 Å². The molecular formula is C21H26ClN4O2-. The first-order valence-electron chi connectivity index (χ1n) is 9.01. The normalized spacial score (nSPS) is 11.2. The van der Waals surface area contributed by atoms with Crippen molar-refractivity contribution in [2.75, 3.05) is 6.61 Å². The van der Waals surface area contributed by atoms with Crippen LogP contribution < -0.4 is 28.5 Å². The van der Waals surface area contributed by atoms with E-state index in [4.69, 9.17) is 15.9 Å². The van der Waals surface area contributed by atoms with Crippen LogP contribution >= 0.6 is 0 Å². The maximum absolute atomic E-state index is 11.4. The fraction of sp³-hybridized carbons (Fsp3) is 0.333. The van der Waals surface area contributed by atoms with Gasteiger partial charge in [-0.1, -0.05) is 45.0 Å². The van der Waals surface area contributed by atoms with Gasteiger partial charge < -0.3 is 32.0 Å². The molecule has 1 aromatic heterocycles. The molecule has 0 fully saturated rings. The SMILES string of the molecule is CC(C)(C)c1ccc(OCCn2c(=N)n(CC(N)=O)c3ccccc32)cc1.[Cl-]. The summed E-state index contributed by atoms with van der Waals surface area (Å²) in [6.07, 6.45) is 0. The Balaban J connectivity index is 0.00000280. The quantitative estimate of drug-likeness (QED) is 0.598. The van der Waals surface area contributed by atoms with Crippen molar-refractivity contribution in [1.29, 1.82) is 5.41 Å². The number of carbonyl (C=O) groups excluding carboxylic acids is 1. The fourth-order valence-electron chi connectivity index (χ4n) is 3.14. The summed E-state index contributed by atoms with van der Waals surface area (Å²) in [6, 6.07) is 15.7. The van der Waals surface area contributed by atoms with Crippen LogP contribution in [0.4, 0.5) is 0 Å². The predicted molar refractivity (Wildman–Crippen MR) is 106 cm³/mol. The number of nitrogens with one attached hydrogen (secondary N) is 1. The Morgan fingerprint density at radius 1 is 1.04 bits per heavy atom. The number of nitrogens with zero attached hydrogens (tertiary/aromatic N) is 2. The molecule has 0 saturated carbocycles. The zero-order valence-corrected chi connectivity index (χ0v) is 17.2. The minimum absolute atomic E-state index is 0. The van der Waals surface area contributed by atoms with Crippen molar-refractivity contribution in [3.63, 3.8) is 0 Å². The lowest BCUT2D eigenvalue weighted by Crippen LogP contribution is -3.00. The Morgan fingerprint density at radius 2 is 1.61 bits per heavy atom. The molecule has 0 aliphatic heterocycles. The van der Waals surface area contributed by atoms with Crippen molar-refractivity contribution in [3.05, 3.63) is 59.7 Å². The van der Waals surface area contributed by atoms with Gasteiger partial charge in [-0.05, 0) is 35.2 Å². The number of fused-ring (bicyclic) bond motifs is 1. The highest BCUT2D eigenvalue weighted by molar-refractivity contribution is 5.79. The summed E-state index contributed by atoms with van der Waals surface area (Å²) in [4.78, 5) is 11.4. The lowest BCUT2D eigenvalue weighted by atomic mass is 9.87. The zero-order chi connectivity index (χ0) is 19.6. The predicted octanol–water partition coefficient (Wildman–Crippen LogP) is -0.212. The van der Waals surface area contributed by atoms with Gasteiger partial charge in [0.1, 0.15) is 18.9 Å². The van der Waals surface area contributed by atoms with Gasteiger partial charge in [-0.3, -0.25) is 10.2 Å². The standard InChI is InChI=1S/C21H26N4O2.ClH/c1-21(2,3)15-8-10-16(11-9-15)27-13-12-24-17-6-4-5-7-18(17)25(20(24)23)14-19(22)26;/h4-11,23H,12-14H2,1-3H3,(H2,22,26);1H/p-1. The number of imidazole rings is 1. The van der Waals surface area contributed by atoms with Gasteiger partial charge in [0.15, 0.2) is 0 Å². The van der Waals surface area contributed by atoms with Crippen molar-refractivity contribution < 1.29 is 21.9 Å². The van der Waals surface area contributed by atoms with Crippen LogP contribution in [0.1, 0.15) is 26.3 Å². The Kier molecular flexibility index (Phi) is 6.56. The molecule has 6 nitrogen and oxygen atoms in total. The molecule has 0 atom stereocenters. The molecule has 0 aliphatic rings. The van der Waals surface area contributed by atoms with Gasteiger partial charge in [0.25, 0.3) is 0 Å². The number of aromatic nitrogens is 2. The number of hydrogen-bond acceptors (Lipinski definition) is 3. The highest BCUT2D eigenvalue weighted by atomic mass is 35.5. The van der Waals surface area contributed by atoms with E-state index in [1.807, 2.05) is 41.0 Å². The first-order valence-corrected chi connectivity index (χ1v) is 9.01. The van der Waals surface area contributed by atoms with E-state index < -0.39 is 5.91 Å². The number of benzene rings is 2. The second-order valence-corrected chi connectivity index (χ2v) is 7.64. The number of rotatable bonds is 6. The van der Waals surface area contributed by atoms with Crippen molar-refractivity contribution in [2.45, 2.75) is 39.3 Å². The second kappa shape index (κ2) is 8.52. The van der Waals surface area contributed by atoms with E-state index in [1.54, 1.807) is 4.57 Å². The van der Waals surface area contributed by atoms with E-state index in [0.29, 0.717) is 13.2 Å². The van der Waals surface area contributed by atoms with Crippen LogP contribution in [0.15, 0.2) is 48.5 Å². The van der Waals surface area contributed by atoms with Crippen LogP contribution in [0.2, 0.25) is 0 Å². The average molecular weight is 402 g/mol. The van der Waals surface area contributed by atoms with Gasteiger partial charge in [0, 0.05) is 0 Å². The number of primary amides is 1. The largest absolute Gasteiger partial charge is 1.00 e. The molecule has 7 heteroatoms. The van der Waals surface area contributed by atoms with Crippen LogP contribution in [0.25, 0.3) is 11.0 Å². The number of carbonyl (C=O) groups is 1. The maximum atomic E-state index is 11.4. The molecule has 0 saturated heterocycles. The maximum Gasteiger partial charge on any atom is 0.237 e. The van der Waals surface area contributed by atoms with E-state index in [9.17, 15) is 4.79 Å². The molecule has 2 aromatic carbocycles. The zero-order valence-electron chi connectivity index (χ0n) is 16.4. The van der Waals surface area contributed by atoms with Gasteiger partial charge in [-0.15, -0.1) is 0 Å². The molecule has 3 aromatic rings. The van der Waals surface area contributed by atoms with Crippen LogP contribution in [0, 0.1) is 5.41 Å². The monoisotopic (exact) mass is 401 g/mol. The van der Waals surface area contributed by atoms with Gasteiger partial charge in [0.05, 0.1) is 17.6 Å². The van der Waals surface area contributed by atoms with Gasteiger partial charge in [-0.2, -0.15) is 0 Å².